The molecule has 5 nitrogen and oxygen atoms in total. The van der Waals surface area contributed by atoms with Gasteiger partial charge in [0.25, 0.3) is 5.91 Å². The summed E-state index contributed by atoms with van der Waals surface area (Å²) in [5.41, 5.74) is -0.368. The molecule has 0 bridgehead atoms. The van der Waals surface area contributed by atoms with Crippen LogP contribution in [0.5, 0.6) is 0 Å². The molecule has 0 spiro atoms. The van der Waals surface area contributed by atoms with E-state index in [0.717, 1.165) is 5.56 Å². The van der Waals surface area contributed by atoms with Crippen LogP contribution in [0.4, 0.5) is 0 Å². The number of benzene rings is 1. The Hall–Kier alpha value is -1.88. The van der Waals surface area contributed by atoms with E-state index in [1.165, 1.54) is 21.0 Å². The van der Waals surface area contributed by atoms with E-state index in [4.69, 9.17) is 4.74 Å². The van der Waals surface area contributed by atoms with Gasteiger partial charge in [0.1, 0.15) is 0 Å². The van der Waals surface area contributed by atoms with Crippen molar-refractivity contribution in [1.82, 2.24) is 10.6 Å². The van der Waals surface area contributed by atoms with Crippen molar-refractivity contribution in [2.45, 2.75) is 26.1 Å². The highest BCUT2D eigenvalue weighted by molar-refractivity contribution is 5.89. The van der Waals surface area contributed by atoms with Crippen LogP contribution in [0.1, 0.15) is 19.4 Å². The summed E-state index contributed by atoms with van der Waals surface area (Å²) in [6.07, 6.45) is 0. The van der Waals surface area contributed by atoms with Crippen molar-refractivity contribution in [1.29, 1.82) is 0 Å². The van der Waals surface area contributed by atoms with E-state index in [2.05, 4.69) is 10.6 Å². The van der Waals surface area contributed by atoms with Gasteiger partial charge in [0.05, 0.1) is 0 Å². The van der Waals surface area contributed by atoms with Crippen LogP contribution in [-0.2, 0) is 20.9 Å². The number of methoxy groups -OCH3 is 1. The summed E-state index contributed by atoms with van der Waals surface area (Å²) in [6.45, 7) is 3.23. The van der Waals surface area contributed by atoms with Crippen LogP contribution < -0.4 is 10.6 Å². The number of ether oxygens (including phenoxy) is 1. The van der Waals surface area contributed by atoms with Gasteiger partial charge in [0.15, 0.2) is 0 Å². The van der Waals surface area contributed by atoms with Crippen molar-refractivity contribution in [3.8, 4) is 0 Å². The first-order valence-electron chi connectivity index (χ1n) is 5.64. The molecule has 2 amide bonds. The highest BCUT2D eigenvalue weighted by Crippen LogP contribution is 2.06. The van der Waals surface area contributed by atoms with Crippen LogP contribution in [0.2, 0.25) is 0 Å². The number of carbonyl (C=O) groups excluding carboxylic acids is 2. The van der Waals surface area contributed by atoms with Crippen molar-refractivity contribution >= 4 is 11.8 Å². The van der Waals surface area contributed by atoms with Crippen molar-refractivity contribution < 1.29 is 14.3 Å². The first-order valence-corrected chi connectivity index (χ1v) is 5.64. The molecule has 98 valence electrons. The Kier molecular flexibility index (Phi) is 4.85. The van der Waals surface area contributed by atoms with Gasteiger partial charge in [-0.1, -0.05) is 30.3 Å². The first-order chi connectivity index (χ1) is 8.48. The SMILES string of the molecule is CO[C@@](C)(NC(C)=O)C(=O)NCc1ccccc1. The average molecular weight is 250 g/mol. The smallest absolute Gasteiger partial charge is 0.273 e. The standard InChI is InChI=1S/C13H18N2O3/c1-10(16)15-13(2,18-3)12(17)14-9-11-7-5-4-6-8-11/h4-8H,9H2,1-3H3,(H,14,17)(H,15,16)/t13-/m1/s1. The lowest BCUT2D eigenvalue weighted by molar-refractivity contribution is -0.150. The normalized spacial score (nSPS) is 13.5. The van der Waals surface area contributed by atoms with Gasteiger partial charge >= 0.3 is 0 Å². The van der Waals surface area contributed by atoms with Gasteiger partial charge in [-0.3, -0.25) is 9.59 Å². The van der Waals surface area contributed by atoms with Crippen molar-refractivity contribution in [2.75, 3.05) is 7.11 Å². The molecule has 0 radical (unpaired) electrons. The summed E-state index contributed by atoms with van der Waals surface area (Å²) in [5, 5.41) is 5.19. The summed E-state index contributed by atoms with van der Waals surface area (Å²) in [6, 6.07) is 9.50. The molecule has 0 aliphatic heterocycles. The molecule has 0 aliphatic carbocycles. The molecule has 5 heteroatoms. The lowest BCUT2D eigenvalue weighted by Crippen LogP contribution is -2.57. The summed E-state index contributed by atoms with van der Waals surface area (Å²) in [5.74, 6) is -0.710. The largest absolute Gasteiger partial charge is 0.351 e. The molecule has 2 N–H and O–H groups in total. The van der Waals surface area contributed by atoms with Crippen LogP contribution in [-0.4, -0.2) is 24.6 Å². The number of rotatable bonds is 5. The minimum absolute atomic E-state index is 0.325. The Morgan fingerprint density at radius 3 is 2.39 bits per heavy atom. The summed E-state index contributed by atoms with van der Waals surface area (Å²) >= 11 is 0. The third-order valence-electron chi connectivity index (χ3n) is 2.55. The number of amides is 2. The number of hydrogen-bond donors (Lipinski definition) is 2. The van der Waals surface area contributed by atoms with Crippen molar-refractivity contribution in [3.05, 3.63) is 35.9 Å². The highest BCUT2D eigenvalue weighted by Gasteiger charge is 2.33. The molecule has 1 aromatic carbocycles. The zero-order chi connectivity index (χ0) is 13.6. The molecule has 0 saturated carbocycles. The van der Waals surface area contributed by atoms with Gasteiger partial charge in [-0.2, -0.15) is 0 Å². The molecule has 1 rings (SSSR count). The number of nitrogens with one attached hydrogen (secondary N) is 2. The van der Waals surface area contributed by atoms with Crippen LogP contribution in [0, 0.1) is 0 Å². The maximum absolute atomic E-state index is 12.0. The Morgan fingerprint density at radius 2 is 1.89 bits per heavy atom. The Labute approximate surface area is 107 Å². The fraction of sp³-hybridized carbons (Fsp3) is 0.385. The quantitative estimate of drug-likeness (QED) is 0.760. The molecular weight excluding hydrogens is 232 g/mol. The molecule has 0 unspecified atom stereocenters. The molecule has 1 aromatic rings. The van der Waals surface area contributed by atoms with E-state index in [1.807, 2.05) is 30.3 Å². The lowest BCUT2D eigenvalue weighted by Gasteiger charge is -2.27. The molecule has 18 heavy (non-hydrogen) atoms. The topological polar surface area (TPSA) is 67.4 Å². The van der Waals surface area contributed by atoms with Crippen LogP contribution in [0.15, 0.2) is 30.3 Å². The van der Waals surface area contributed by atoms with Gasteiger partial charge in [-0.05, 0) is 12.5 Å². The third kappa shape index (κ3) is 3.85. The summed E-state index contributed by atoms with van der Waals surface area (Å²) < 4.78 is 5.05. The Bertz CT molecular complexity index is 420. The molecule has 0 aliphatic rings. The van der Waals surface area contributed by atoms with E-state index < -0.39 is 5.72 Å². The second-order valence-electron chi connectivity index (χ2n) is 4.09. The maximum atomic E-state index is 12.0. The zero-order valence-electron chi connectivity index (χ0n) is 10.8. The molecule has 1 atom stereocenters. The van der Waals surface area contributed by atoms with Crippen molar-refractivity contribution in [2.24, 2.45) is 0 Å². The minimum atomic E-state index is -1.35. The number of carbonyl (C=O) groups is 2. The molecular formula is C13H18N2O3. The van der Waals surface area contributed by atoms with Crippen LogP contribution in [0.3, 0.4) is 0 Å². The predicted octanol–water partition coefficient (Wildman–Crippen LogP) is 0.801. The summed E-state index contributed by atoms with van der Waals surface area (Å²) in [7, 11) is 1.37. The minimum Gasteiger partial charge on any atom is -0.351 e. The fourth-order valence-electron chi connectivity index (χ4n) is 1.48. The first kappa shape index (κ1) is 14.2. The predicted molar refractivity (Wildman–Crippen MR) is 67.5 cm³/mol. The highest BCUT2D eigenvalue weighted by atomic mass is 16.5. The Morgan fingerprint density at radius 1 is 1.28 bits per heavy atom. The van der Waals surface area contributed by atoms with Crippen LogP contribution in [0.25, 0.3) is 0 Å². The molecule has 0 fully saturated rings. The van der Waals surface area contributed by atoms with E-state index in [-0.39, 0.29) is 11.8 Å². The zero-order valence-corrected chi connectivity index (χ0v) is 10.8. The van der Waals surface area contributed by atoms with Gasteiger partial charge in [-0.25, -0.2) is 0 Å². The second-order valence-corrected chi connectivity index (χ2v) is 4.09. The monoisotopic (exact) mass is 250 g/mol. The van der Waals surface area contributed by atoms with E-state index in [9.17, 15) is 9.59 Å². The maximum Gasteiger partial charge on any atom is 0.273 e. The lowest BCUT2D eigenvalue weighted by atomic mass is 10.2. The number of hydrogen-bond acceptors (Lipinski definition) is 3. The van der Waals surface area contributed by atoms with Crippen LogP contribution >= 0.6 is 0 Å². The van der Waals surface area contributed by atoms with Gasteiger partial charge < -0.3 is 15.4 Å². The van der Waals surface area contributed by atoms with Crippen molar-refractivity contribution in [3.63, 3.8) is 0 Å². The molecule has 0 aromatic heterocycles. The van der Waals surface area contributed by atoms with Gasteiger partial charge in [-0.15, -0.1) is 0 Å². The molecule has 0 saturated heterocycles. The van der Waals surface area contributed by atoms with E-state index in [0.29, 0.717) is 6.54 Å². The van der Waals surface area contributed by atoms with E-state index >= 15 is 0 Å². The van der Waals surface area contributed by atoms with Gasteiger partial charge in [0.2, 0.25) is 11.6 Å². The fourth-order valence-corrected chi connectivity index (χ4v) is 1.48. The van der Waals surface area contributed by atoms with E-state index in [1.54, 1.807) is 0 Å². The third-order valence-corrected chi connectivity index (χ3v) is 2.55. The molecule has 0 heterocycles. The Balaban J connectivity index is 2.60. The second kappa shape index (κ2) is 6.16. The summed E-state index contributed by atoms with van der Waals surface area (Å²) in [4.78, 5) is 23.0. The average Bonchev–Trinajstić information content (AvgIpc) is 2.36. The van der Waals surface area contributed by atoms with Gasteiger partial charge in [0, 0.05) is 20.6 Å².